The van der Waals surface area contributed by atoms with Crippen molar-refractivity contribution in [2.45, 2.75) is 58.2 Å². The second-order valence-electron chi connectivity index (χ2n) is 7.91. The van der Waals surface area contributed by atoms with Crippen molar-refractivity contribution < 1.29 is 24.1 Å². The quantitative estimate of drug-likeness (QED) is 0.765. The monoisotopic (exact) mass is 349 g/mol. The molecule has 1 fully saturated rings. The highest BCUT2D eigenvalue weighted by Gasteiger charge is 2.51. The Balaban J connectivity index is 1.87. The van der Waals surface area contributed by atoms with Gasteiger partial charge in [-0.25, -0.2) is 4.79 Å². The van der Waals surface area contributed by atoms with Gasteiger partial charge in [-0.05, 0) is 12.5 Å². The lowest BCUT2D eigenvalue weighted by atomic mass is 9.85. The number of hydrogen-bond donors (Lipinski definition) is 1. The maximum absolute atomic E-state index is 12.9. The lowest BCUT2D eigenvalue weighted by molar-refractivity contribution is -0.306. The predicted molar refractivity (Wildman–Crippen MR) is 86.7 cm³/mol. The third-order valence-electron chi connectivity index (χ3n) is 5.49. The van der Waals surface area contributed by atoms with Crippen LogP contribution in [0, 0.1) is 5.41 Å². The van der Waals surface area contributed by atoms with Crippen molar-refractivity contribution in [1.29, 1.82) is 0 Å². The molecule has 0 amide bonds. The van der Waals surface area contributed by atoms with Gasteiger partial charge in [-0.1, -0.05) is 20.8 Å². The highest BCUT2D eigenvalue weighted by atomic mass is 16.7. The van der Waals surface area contributed by atoms with E-state index >= 15 is 0 Å². The second-order valence-corrected chi connectivity index (χ2v) is 7.91. The van der Waals surface area contributed by atoms with Gasteiger partial charge >= 0.3 is 5.97 Å². The van der Waals surface area contributed by atoms with Crippen LogP contribution in [0.2, 0.25) is 0 Å². The predicted octanol–water partition coefficient (Wildman–Crippen LogP) is 1.13. The maximum atomic E-state index is 12.9. The van der Waals surface area contributed by atoms with Gasteiger partial charge in [-0.15, -0.1) is 0 Å². The molecule has 0 bridgehead atoms. The first-order valence-electron chi connectivity index (χ1n) is 8.68. The minimum Gasteiger partial charge on any atom is -0.458 e. The van der Waals surface area contributed by atoms with Gasteiger partial charge in [0, 0.05) is 23.9 Å². The smallest absolute Gasteiger partial charge is 0.343 e. The molecular formula is C18H23NO6. The number of aromatic nitrogens is 1. The van der Waals surface area contributed by atoms with E-state index in [1.165, 1.54) is 0 Å². The number of cyclic esters (lactones) is 1. The normalized spacial score (nSPS) is 29.2. The van der Waals surface area contributed by atoms with Gasteiger partial charge in [0.25, 0.3) is 5.56 Å². The first-order valence-corrected chi connectivity index (χ1v) is 8.68. The third-order valence-corrected chi connectivity index (χ3v) is 5.49. The average molecular weight is 349 g/mol. The Kier molecular flexibility index (Phi) is 3.45. The molecule has 0 aliphatic carbocycles. The molecule has 4 heterocycles. The first kappa shape index (κ1) is 16.8. The zero-order valence-corrected chi connectivity index (χ0v) is 14.8. The summed E-state index contributed by atoms with van der Waals surface area (Å²) in [7, 11) is 0. The Morgan fingerprint density at radius 3 is 2.56 bits per heavy atom. The van der Waals surface area contributed by atoms with E-state index in [1.807, 2.05) is 0 Å². The molecule has 3 aliphatic rings. The minimum absolute atomic E-state index is 0.0961. The fourth-order valence-electron chi connectivity index (χ4n) is 3.82. The van der Waals surface area contributed by atoms with E-state index in [0.29, 0.717) is 43.0 Å². The van der Waals surface area contributed by atoms with Crippen LogP contribution in [0.3, 0.4) is 0 Å². The molecule has 0 unspecified atom stereocenters. The number of rotatable bonds is 1. The average Bonchev–Trinajstić information content (AvgIpc) is 2.94. The van der Waals surface area contributed by atoms with Crippen molar-refractivity contribution in [3.63, 3.8) is 0 Å². The standard InChI is InChI=1S/C18H23NO6/c1-4-17(22)12-7-13-18(24-9-16(2,3)10-25-18)5-6-19(13)14(20)11(12)8-23-15(17)21/h7,22H,4-6,8-10H2,1-3H3/t17-/m0/s1. The van der Waals surface area contributed by atoms with Crippen molar-refractivity contribution >= 4 is 5.97 Å². The Hall–Kier alpha value is -1.70. The van der Waals surface area contributed by atoms with Crippen LogP contribution in [-0.4, -0.2) is 28.9 Å². The second kappa shape index (κ2) is 5.16. The number of ether oxygens (including phenoxy) is 3. The molecule has 0 aromatic carbocycles. The highest BCUT2D eigenvalue weighted by Crippen LogP contribution is 2.44. The number of carbonyl (C=O) groups is 1. The zero-order chi connectivity index (χ0) is 18.0. The van der Waals surface area contributed by atoms with Crippen molar-refractivity contribution in [1.82, 2.24) is 4.57 Å². The lowest BCUT2D eigenvalue weighted by Crippen LogP contribution is -2.47. The van der Waals surface area contributed by atoms with Crippen LogP contribution < -0.4 is 5.56 Å². The largest absolute Gasteiger partial charge is 0.458 e. The van der Waals surface area contributed by atoms with E-state index in [9.17, 15) is 14.7 Å². The number of carbonyl (C=O) groups excluding carboxylic acids is 1. The summed E-state index contributed by atoms with van der Waals surface area (Å²) in [5.74, 6) is -1.70. The molecule has 136 valence electrons. The van der Waals surface area contributed by atoms with E-state index < -0.39 is 17.4 Å². The number of pyridine rings is 1. The third kappa shape index (κ3) is 2.22. The Morgan fingerprint density at radius 2 is 1.92 bits per heavy atom. The van der Waals surface area contributed by atoms with Crippen molar-refractivity contribution in [2.75, 3.05) is 13.2 Å². The number of nitrogens with zero attached hydrogens (tertiary/aromatic N) is 1. The topological polar surface area (TPSA) is 87.0 Å². The Bertz CT molecular complexity index is 801. The van der Waals surface area contributed by atoms with Gasteiger partial charge in [0.15, 0.2) is 5.60 Å². The zero-order valence-electron chi connectivity index (χ0n) is 14.8. The molecule has 7 nitrogen and oxygen atoms in total. The number of esters is 1. The van der Waals surface area contributed by atoms with Gasteiger partial charge < -0.3 is 23.9 Å². The Morgan fingerprint density at radius 1 is 1.24 bits per heavy atom. The van der Waals surface area contributed by atoms with Gasteiger partial charge in [-0.2, -0.15) is 0 Å². The maximum Gasteiger partial charge on any atom is 0.343 e. The molecule has 1 saturated heterocycles. The van der Waals surface area contributed by atoms with Crippen molar-refractivity contribution in [3.05, 3.63) is 33.2 Å². The van der Waals surface area contributed by atoms with Crippen molar-refractivity contribution in [2.24, 2.45) is 5.41 Å². The summed E-state index contributed by atoms with van der Waals surface area (Å²) in [6.45, 7) is 7.18. The van der Waals surface area contributed by atoms with Gasteiger partial charge in [0.1, 0.15) is 6.61 Å². The molecule has 7 heteroatoms. The SMILES string of the molecule is CC[C@@]1(O)C(=O)OCc2c1cc1n(c2=O)CCC12OCC(C)(C)CO2. The van der Waals surface area contributed by atoms with Gasteiger partial charge in [-0.3, -0.25) is 4.79 Å². The lowest BCUT2D eigenvalue weighted by Gasteiger charge is -2.41. The fourth-order valence-corrected chi connectivity index (χ4v) is 3.82. The fraction of sp³-hybridized carbons (Fsp3) is 0.667. The van der Waals surface area contributed by atoms with Crippen LogP contribution in [0.15, 0.2) is 10.9 Å². The summed E-state index contributed by atoms with van der Waals surface area (Å²) >= 11 is 0. The van der Waals surface area contributed by atoms with Crippen LogP contribution in [0.4, 0.5) is 0 Å². The highest BCUT2D eigenvalue weighted by molar-refractivity contribution is 5.83. The molecular weight excluding hydrogens is 326 g/mol. The molecule has 1 aromatic heterocycles. The summed E-state index contributed by atoms with van der Waals surface area (Å²) in [5, 5.41) is 10.8. The van der Waals surface area contributed by atoms with Crippen LogP contribution in [0.5, 0.6) is 0 Å². The van der Waals surface area contributed by atoms with E-state index in [2.05, 4.69) is 13.8 Å². The molecule has 3 aliphatic heterocycles. The van der Waals surface area contributed by atoms with E-state index in [1.54, 1.807) is 17.6 Å². The summed E-state index contributed by atoms with van der Waals surface area (Å²) in [4.78, 5) is 25.0. The molecule has 25 heavy (non-hydrogen) atoms. The summed E-state index contributed by atoms with van der Waals surface area (Å²) in [5.41, 5.74) is -0.919. The molecule has 1 atom stereocenters. The van der Waals surface area contributed by atoms with Crippen LogP contribution in [-0.2, 0) is 43.5 Å². The van der Waals surface area contributed by atoms with Crippen LogP contribution >= 0.6 is 0 Å². The van der Waals surface area contributed by atoms with Gasteiger partial charge in [0.2, 0.25) is 5.79 Å². The van der Waals surface area contributed by atoms with Crippen molar-refractivity contribution in [3.8, 4) is 0 Å². The number of aliphatic hydroxyl groups is 1. The minimum atomic E-state index is -1.81. The molecule has 0 saturated carbocycles. The Labute approximate surface area is 145 Å². The molecule has 4 rings (SSSR count). The first-order chi connectivity index (χ1) is 11.7. The molecule has 0 radical (unpaired) electrons. The van der Waals surface area contributed by atoms with E-state index in [4.69, 9.17) is 14.2 Å². The van der Waals surface area contributed by atoms with E-state index in [-0.39, 0.29) is 24.0 Å². The molecule has 1 aromatic rings. The molecule has 1 spiro atoms. The van der Waals surface area contributed by atoms with E-state index in [0.717, 1.165) is 0 Å². The summed E-state index contributed by atoms with van der Waals surface area (Å²) in [6.07, 6.45) is 0.657. The summed E-state index contributed by atoms with van der Waals surface area (Å²) in [6, 6.07) is 1.70. The van der Waals surface area contributed by atoms with Crippen LogP contribution in [0.25, 0.3) is 0 Å². The number of fused-ring (bicyclic) bond motifs is 3. The summed E-state index contributed by atoms with van der Waals surface area (Å²) < 4.78 is 18.8. The van der Waals surface area contributed by atoms with Gasteiger partial charge in [0.05, 0.1) is 24.5 Å². The molecule has 1 N–H and O–H groups in total. The van der Waals surface area contributed by atoms with Crippen LogP contribution in [0.1, 0.15) is 50.4 Å². The number of hydrogen-bond acceptors (Lipinski definition) is 6.